The van der Waals surface area contributed by atoms with Crippen molar-refractivity contribution in [3.63, 3.8) is 0 Å². The Morgan fingerprint density at radius 1 is 1.13 bits per heavy atom. The van der Waals surface area contributed by atoms with Gasteiger partial charge in [-0.2, -0.15) is 5.10 Å². The van der Waals surface area contributed by atoms with Crippen molar-refractivity contribution in [3.8, 4) is 5.75 Å². The molecule has 2 N–H and O–H groups in total. The van der Waals surface area contributed by atoms with Gasteiger partial charge in [-0.1, -0.05) is 37.3 Å². The van der Waals surface area contributed by atoms with E-state index in [4.69, 9.17) is 15.6 Å². The zero-order valence-corrected chi connectivity index (χ0v) is 13.5. The van der Waals surface area contributed by atoms with Crippen LogP contribution >= 0.6 is 0 Å². The molecule has 1 atom stereocenters. The number of ether oxygens (including phenoxy) is 1. The van der Waals surface area contributed by atoms with Crippen LogP contribution in [0.3, 0.4) is 0 Å². The van der Waals surface area contributed by atoms with Crippen LogP contribution in [0.4, 0.5) is 5.69 Å². The summed E-state index contributed by atoms with van der Waals surface area (Å²) in [5.41, 5.74) is 9.17. The second kappa shape index (κ2) is 7.29. The fourth-order valence-electron chi connectivity index (χ4n) is 2.78. The predicted octanol–water partition coefficient (Wildman–Crippen LogP) is 3.74. The van der Waals surface area contributed by atoms with Gasteiger partial charge in [-0.25, -0.2) is 0 Å². The highest BCUT2D eigenvalue weighted by Gasteiger charge is 2.28. The van der Waals surface area contributed by atoms with Crippen LogP contribution < -0.4 is 15.5 Å². The molecule has 120 valence electrons. The second-order valence-corrected chi connectivity index (χ2v) is 5.69. The first kappa shape index (κ1) is 15.6. The molecule has 0 spiro atoms. The minimum Gasteiger partial charge on any atom is -0.494 e. The summed E-state index contributed by atoms with van der Waals surface area (Å²) < 4.78 is 5.66. The van der Waals surface area contributed by atoms with Crippen molar-refractivity contribution < 1.29 is 4.74 Å². The van der Waals surface area contributed by atoms with E-state index in [2.05, 4.69) is 36.2 Å². The molecule has 0 aliphatic carbocycles. The van der Waals surface area contributed by atoms with Gasteiger partial charge in [0.2, 0.25) is 0 Å². The summed E-state index contributed by atoms with van der Waals surface area (Å²) in [6, 6.07) is 18.8. The monoisotopic (exact) mass is 309 g/mol. The Hall–Kier alpha value is -2.33. The number of nitrogens with two attached hydrogens (primary N) is 1. The molecule has 1 aliphatic rings. The van der Waals surface area contributed by atoms with Gasteiger partial charge >= 0.3 is 0 Å². The third-order valence-corrected chi connectivity index (χ3v) is 3.97. The van der Waals surface area contributed by atoms with Gasteiger partial charge in [-0.3, -0.25) is 5.01 Å². The van der Waals surface area contributed by atoms with Gasteiger partial charge in [0.05, 0.1) is 24.0 Å². The molecular formula is C19H23N3O. The van der Waals surface area contributed by atoms with Gasteiger partial charge in [0.25, 0.3) is 0 Å². The molecule has 1 unspecified atom stereocenters. The van der Waals surface area contributed by atoms with E-state index in [1.54, 1.807) is 0 Å². The van der Waals surface area contributed by atoms with Gasteiger partial charge in [0.1, 0.15) is 5.75 Å². The Kier molecular flexibility index (Phi) is 4.93. The van der Waals surface area contributed by atoms with Crippen molar-refractivity contribution in [3.05, 3.63) is 60.2 Å². The number of hydrazone groups is 1. The molecule has 1 aliphatic heterocycles. The first-order valence-electron chi connectivity index (χ1n) is 8.15. The van der Waals surface area contributed by atoms with Crippen LogP contribution in [0.15, 0.2) is 59.7 Å². The van der Waals surface area contributed by atoms with Crippen molar-refractivity contribution in [1.29, 1.82) is 0 Å². The number of nitrogens with zero attached hydrogens (tertiary/aromatic N) is 2. The first-order valence-corrected chi connectivity index (χ1v) is 8.15. The molecule has 0 radical (unpaired) electrons. The van der Waals surface area contributed by atoms with E-state index in [0.29, 0.717) is 6.54 Å². The Balaban J connectivity index is 1.83. The van der Waals surface area contributed by atoms with Gasteiger partial charge in [-0.05, 0) is 36.2 Å². The van der Waals surface area contributed by atoms with E-state index < -0.39 is 0 Å². The molecular weight excluding hydrogens is 286 g/mol. The Labute approximate surface area is 137 Å². The van der Waals surface area contributed by atoms with E-state index in [1.807, 2.05) is 30.3 Å². The van der Waals surface area contributed by atoms with Crippen molar-refractivity contribution in [2.75, 3.05) is 18.2 Å². The maximum absolute atomic E-state index is 5.82. The number of benzene rings is 2. The fraction of sp³-hybridized carbons (Fsp3) is 0.316. The zero-order valence-electron chi connectivity index (χ0n) is 13.5. The predicted molar refractivity (Wildman–Crippen MR) is 95.0 cm³/mol. The van der Waals surface area contributed by atoms with Crippen LogP contribution in [0.2, 0.25) is 0 Å². The molecule has 3 rings (SSSR count). The number of hydrogen-bond acceptors (Lipinski definition) is 4. The molecule has 0 saturated carbocycles. The lowest BCUT2D eigenvalue weighted by Crippen LogP contribution is -2.18. The minimum absolute atomic E-state index is 0.191. The number of para-hydroxylation sites is 1. The molecule has 2 aromatic carbocycles. The van der Waals surface area contributed by atoms with Crippen molar-refractivity contribution in [1.82, 2.24) is 0 Å². The van der Waals surface area contributed by atoms with Gasteiger partial charge in [0, 0.05) is 13.0 Å². The van der Waals surface area contributed by atoms with Gasteiger partial charge in [-0.15, -0.1) is 0 Å². The van der Waals surface area contributed by atoms with E-state index in [-0.39, 0.29) is 6.04 Å². The molecule has 4 heteroatoms. The quantitative estimate of drug-likeness (QED) is 0.884. The molecule has 23 heavy (non-hydrogen) atoms. The van der Waals surface area contributed by atoms with Crippen LogP contribution in [0.5, 0.6) is 5.75 Å². The normalized spacial score (nSPS) is 17.2. The Morgan fingerprint density at radius 2 is 1.87 bits per heavy atom. The molecule has 4 nitrogen and oxygen atoms in total. The van der Waals surface area contributed by atoms with Crippen LogP contribution in [0, 0.1) is 0 Å². The van der Waals surface area contributed by atoms with Gasteiger partial charge < -0.3 is 10.5 Å². The third-order valence-electron chi connectivity index (χ3n) is 3.97. The maximum atomic E-state index is 5.82. The van der Waals surface area contributed by atoms with Crippen LogP contribution in [-0.2, 0) is 0 Å². The van der Waals surface area contributed by atoms with Crippen molar-refractivity contribution in [2.24, 2.45) is 10.8 Å². The second-order valence-electron chi connectivity index (χ2n) is 5.69. The van der Waals surface area contributed by atoms with Crippen LogP contribution in [-0.4, -0.2) is 18.9 Å². The van der Waals surface area contributed by atoms with E-state index in [9.17, 15) is 0 Å². The summed E-state index contributed by atoms with van der Waals surface area (Å²) in [4.78, 5) is 0. The van der Waals surface area contributed by atoms with Crippen LogP contribution in [0.1, 0.15) is 31.4 Å². The fourth-order valence-corrected chi connectivity index (χ4v) is 2.78. The standard InChI is InChI=1S/C19H23N3O/c1-2-12-23-18-10-8-15(9-11-18)19-13-16(14-20)21-22(19)17-6-4-3-5-7-17/h3-11,19H,2,12-14,20H2,1H3. The highest BCUT2D eigenvalue weighted by atomic mass is 16.5. The molecule has 1 heterocycles. The highest BCUT2D eigenvalue weighted by molar-refractivity contribution is 5.90. The topological polar surface area (TPSA) is 50.9 Å². The lowest BCUT2D eigenvalue weighted by Gasteiger charge is -2.24. The average Bonchev–Trinajstić information content (AvgIpc) is 3.05. The summed E-state index contributed by atoms with van der Waals surface area (Å²) in [5, 5.41) is 6.77. The summed E-state index contributed by atoms with van der Waals surface area (Å²) in [5.74, 6) is 0.917. The van der Waals surface area contributed by atoms with Crippen molar-refractivity contribution >= 4 is 11.4 Å². The average molecular weight is 309 g/mol. The summed E-state index contributed by atoms with van der Waals surface area (Å²) in [6.45, 7) is 3.35. The molecule has 0 amide bonds. The largest absolute Gasteiger partial charge is 0.494 e. The van der Waals surface area contributed by atoms with E-state index in [1.165, 1.54) is 5.56 Å². The van der Waals surface area contributed by atoms with E-state index in [0.717, 1.165) is 36.6 Å². The molecule has 0 aromatic heterocycles. The maximum Gasteiger partial charge on any atom is 0.119 e. The SMILES string of the molecule is CCCOc1ccc(C2CC(CN)=NN2c2ccccc2)cc1. The summed E-state index contributed by atoms with van der Waals surface area (Å²) >= 11 is 0. The summed E-state index contributed by atoms with van der Waals surface area (Å²) in [6.07, 6.45) is 1.88. The van der Waals surface area contributed by atoms with E-state index >= 15 is 0 Å². The van der Waals surface area contributed by atoms with Crippen molar-refractivity contribution in [2.45, 2.75) is 25.8 Å². The lowest BCUT2D eigenvalue weighted by atomic mass is 10.0. The third kappa shape index (κ3) is 3.54. The molecule has 0 fully saturated rings. The Bertz CT molecular complexity index is 652. The lowest BCUT2D eigenvalue weighted by molar-refractivity contribution is 0.317. The number of rotatable bonds is 6. The zero-order chi connectivity index (χ0) is 16.1. The number of hydrogen-bond donors (Lipinski definition) is 1. The number of anilines is 1. The minimum atomic E-state index is 0.191. The molecule has 2 aromatic rings. The smallest absolute Gasteiger partial charge is 0.119 e. The first-order chi connectivity index (χ1) is 11.3. The summed E-state index contributed by atoms with van der Waals surface area (Å²) in [7, 11) is 0. The Morgan fingerprint density at radius 3 is 2.52 bits per heavy atom. The molecule has 0 saturated heterocycles. The highest BCUT2D eigenvalue weighted by Crippen LogP contribution is 2.35. The van der Waals surface area contributed by atoms with Gasteiger partial charge in [0.15, 0.2) is 0 Å². The molecule has 0 bridgehead atoms. The van der Waals surface area contributed by atoms with Crippen LogP contribution in [0.25, 0.3) is 0 Å².